The number of carboxylic acids is 1. The highest BCUT2D eigenvalue weighted by Gasteiger charge is 2.27. The van der Waals surface area contributed by atoms with Crippen LogP contribution in [0.5, 0.6) is 0 Å². The van der Waals surface area contributed by atoms with Crippen LogP contribution in [-0.2, 0) is 16.0 Å². The summed E-state index contributed by atoms with van der Waals surface area (Å²) in [5.74, 6) is -0.910. The summed E-state index contributed by atoms with van der Waals surface area (Å²) >= 11 is 0. The molecule has 4 rings (SSSR count). The lowest BCUT2D eigenvalue weighted by molar-refractivity contribution is -0.133. The molecule has 0 saturated carbocycles. The van der Waals surface area contributed by atoms with Crippen LogP contribution in [-0.4, -0.2) is 17.0 Å². The minimum Gasteiger partial charge on any atom is -0.478 e. The highest BCUT2D eigenvalue weighted by molar-refractivity contribution is 5.89. The molecular formula is C28H27NO3. The topological polar surface area (TPSA) is 66.4 Å². The molecule has 162 valence electrons. The van der Waals surface area contributed by atoms with Crippen molar-refractivity contribution in [1.29, 1.82) is 0 Å². The number of nitrogens with one attached hydrogen (secondary N) is 1. The summed E-state index contributed by atoms with van der Waals surface area (Å²) in [5, 5.41) is 12.6. The lowest BCUT2D eigenvalue weighted by atomic mass is 9.82. The number of hydrogen-bond acceptors (Lipinski definition) is 2. The van der Waals surface area contributed by atoms with E-state index in [0.29, 0.717) is 37.0 Å². The molecule has 3 aromatic carbocycles. The van der Waals surface area contributed by atoms with Crippen LogP contribution in [0.15, 0.2) is 96.2 Å². The SMILES string of the molecule is O=C(CCc1ccc(-c2ccccc2)cc1)NC1=C(C(=O)O)CC(c2ccccc2)CC1. The molecule has 1 aliphatic rings. The summed E-state index contributed by atoms with van der Waals surface area (Å²) in [4.78, 5) is 24.4. The van der Waals surface area contributed by atoms with Crippen LogP contribution < -0.4 is 5.32 Å². The maximum atomic E-state index is 12.6. The number of rotatable bonds is 7. The predicted molar refractivity (Wildman–Crippen MR) is 126 cm³/mol. The van der Waals surface area contributed by atoms with Gasteiger partial charge in [0.2, 0.25) is 5.91 Å². The summed E-state index contributed by atoms with van der Waals surface area (Å²) in [6.45, 7) is 0. The van der Waals surface area contributed by atoms with E-state index in [9.17, 15) is 14.7 Å². The Morgan fingerprint density at radius 1 is 0.844 bits per heavy atom. The van der Waals surface area contributed by atoms with Crippen LogP contribution in [0, 0.1) is 0 Å². The van der Waals surface area contributed by atoms with Gasteiger partial charge in [-0.15, -0.1) is 0 Å². The Morgan fingerprint density at radius 2 is 1.47 bits per heavy atom. The first kappa shape index (κ1) is 21.6. The number of carbonyl (C=O) groups is 2. The molecule has 4 heteroatoms. The zero-order valence-electron chi connectivity index (χ0n) is 18.0. The molecule has 1 unspecified atom stereocenters. The summed E-state index contributed by atoms with van der Waals surface area (Å²) in [5.41, 5.74) is 5.43. The third kappa shape index (κ3) is 5.33. The molecule has 0 aromatic heterocycles. The maximum Gasteiger partial charge on any atom is 0.333 e. The molecule has 1 amide bonds. The van der Waals surface area contributed by atoms with Gasteiger partial charge < -0.3 is 10.4 Å². The quantitative estimate of drug-likeness (QED) is 0.510. The number of carboxylic acid groups (broad SMARTS) is 1. The van der Waals surface area contributed by atoms with Crippen LogP contribution in [0.2, 0.25) is 0 Å². The molecule has 0 radical (unpaired) electrons. The van der Waals surface area contributed by atoms with Crippen molar-refractivity contribution < 1.29 is 14.7 Å². The summed E-state index contributed by atoms with van der Waals surface area (Å²) in [7, 11) is 0. The Kier molecular flexibility index (Phi) is 6.81. The number of hydrogen-bond donors (Lipinski definition) is 2. The van der Waals surface area contributed by atoms with E-state index in [0.717, 1.165) is 28.7 Å². The Balaban J connectivity index is 1.36. The van der Waals surface area contributed by atoms with E-state index < -0.39 is 5.97 Å². The van der Waals surface area contributed by atoms with Crippen molar-refractivity contribution in [2.45, 2.75) is 38.0 Å². The second-order valence-electron chi connectivity index (χ2n) is 8.22. The van der Waals surface area contributed by atoms with Crippen LogP contribution >= 0.6 is 0 Å². The van der Waals surface area contributed by atoms with E-state index in [-0.39, 0.29) is 11.8 Å². The molecule has 2 N–H and O–H groups in total. The van der Waals surface area contributed by atoms with Gasteiger partial charge in [0.25, 0.3) is 0 Å². The second kappa shape index (κ2) is 10.1. The van der Waals surface area contributed by atoms with E-state index in [4.69, 9.17) is 0 Å². The molecule has 1 aliphatic carbocycles. The molecule has 0 heterocycles. The highest BCUT2D eigenvalue weighted by Crippen LogP contribution is 2.35. The van der Waals surface area contributed by atoms with Gasteiger partial charge in [-0.25, -0.2) is 4.79 Å². The molecular weight excluding hydrogens is 398 g/mol. The first-order chi connectivity index (χ1) is 15.6. The third-order valence-electron chi connectivity index (χ3n) is 6.08. The van der Waals surface area contributed by atoms with Crippen molar-refractivity contribution in [3.8, 4) is 11.1 Å². The first-order valence-electron chi connectivity index (χ1n) is 11.0. The number of benzene rings is 3. The van der Waals surface area contributed by atoms with Crippen molar-refractivity contribution >= 4 is 11.9 Å². The number of amides is 1. The Labute approximate surface area is 188 Å². The zero-order chi connectivity index (χ0) is 22.3. The molecule has 0 aliphatic heterocycles. The standard InChI is InChI=1S/C28H27NO3/c30-27(18-13-20-11-14-23(15-12-20)21-7-3-1-4-8-21)29-26-17-16-24(19-25(26)28(31)32)22-9-5-2-6-10-22/h1-12,14-15,24H,13,16-19H2,(H,29,30)(H,31,32). The highest BCUT2D eigenvalue weighted by atomic mass is 16.4. The van der Waals surface area contributed by atoms with Crippen molar-refractivity contribution in [1.82, 2.24) is 5.32 Å². The van der Waals surface area contributed by atoms with Gasteiger partial charge in [0.1, 0.15) is 0 Å². The molecule has 0 saturated heterocycles. The fourth-order valence-electron chi connectivity index (χ4n) is 4.29. The average molecular weight is 426 g/mol. The van der Waals surface area contributed by atoms with Gasteiger partial charge in [0.15, 0.2) is 0 Å². The molecule has 3 aromatic rings. The van der Waals surface area contributed by atoms with Gasteiger partial charge in [0.05, 0.1) is 5.57 Å². The number of allylic oxidation sites excluding steroid dienone is 1. The predicted octanol–water partition coefficient (Wildman–Crippen LogP) is 5.71. The Bertz CT molecular complexity index is 1100. The number of aryl methyl sites for hydroxylation is 1. The molecule has 0 bridgehead atoms. The van der Waals surface area contributed by atoms with Crippen molar-refractivity contribution in [3.63, 3.8) is 0 Å². The van der Waals surface area contributed by atoms with E-state index >= 15 is 0 Å². The minimum atomic E-state index is -0.947. The Hall–Kier alpha value is -3.66. The third-order valence-corrected chi connectivity index (χ3v) is 6.08. The lowest BCUT2D eigenvalue weighted by Crippen LogP contribution is -2.29. The molecule has 32 heavy (non-hydrogen) atoms. The van der Waals surface area contributed by atoms with Crippen LogP contribution in [0.3, 0.4) is 0 Å². The van der Waals surface area contributed by atoms with E-state index in [2.05, 4.69) is 29.6 Å². The monoisotopic (exact) mass is 425 g/mol. The van der Waals surface area contributed by atoms with E-state index in [1.54, 1.807) is 0 Å². The second-order valence-corrected chi connectivity index (χ2v) is 8.22. The molecule has 4 nitrogen and oxygen atoms in total. The normalized spacial score (nSPS) is 15.9. The number of aliphatic carboxylic acids is 1. The van der Waals surface area contributed by atoms with Crippen LogP contribution in [0.1, 0.15) is 42.7 Å². The first-order valence-corrected chi connectivity index (χ1v) is 11.0. The van der Waals surface area contributed by atoms with Crippen LogP contribution in [0.25, 0.3) is 11.1 Å². The van der Waals surface area contributed by atoms with Crippen LogP contribution in [0.4, 0.5) is 0 Å². The molecule has 0 fully saturated rings. The van der Waals surface area contributed by atoms with Gasteiger partial charge in [-0.1, -0.05) is 84.9 Å². The number of carbonyl (C=O) groups excluding carboxylic acids is 1. The van der Waals surface area contributed by atoms with Gasteiger partial charge in [-0.05, 0) is 53.9 Å². The lowest BCUT2D eigenvalue weighted by Gasteiger charge is -2.26. The summed E-state index contributed by atoms with van der Waals surface area (Å²) in [6, 6.07) is 28.4. The van der Waals surface area contributed by atoms with E-state index in [1.807, 2.05) is 60.7 Å². The summed E-state index contributed by atoms with van der Waals surface area (Å²) in [6.07, 6.45) is 2.78. The Morgan fingerprint density at radius 3 is 2.12 bits per heavy atom. The average Bonchev–Trinajstić information content (AvgIpc) is 2.84. The van der Waals surface area contributed by atoms with Crippen molar-refractivity contribution in [3.05, 3.63) is 107 Å². The fourth-order valence-corrected chi connectivity index (χ4v) is 4.29. The van der Waals surface area contributed by atoms with Crippen molar-refractivity contribution in [2.24, 2.45) is 0 Å². The van der Waals surface area contributed by atoms with E-state index in [1.165, 1.54) is 0 Å². The summed E-state index contributed by atoms with van der Waals surface area (Å²) < 4.78 is 0. The van der Waals surface area contributed by atoms with Crippen molar-refractivity contribution in [2.75, 3.05) is 0 Å². The maximum absolute atomic E-state index is 12.6. The molecule has 0 spiro atoms. The van der Waals surface area contributed by atoms with Gasteiger partial charge in [-0.3, -0.25) is 4.79 Å². The zero-order valence-corrected chi connectivity index (χ0v) is 18.0. The van der Waals surface area contributed by atoms with Gasteiger partial charge in [0, 0.05) is 12.1 Å². The molecule has 1 atom stereocenters. The smallest absolute Gasteiger partial charge is 0.333 e. The largest absolute Gasteiger partial charge is 0.478 e. The van der Waals surface area contributed by atoms with Gasteiger partial charge >= 0.3 is 5.97 Å². The fraction of sp³-hybridized carbons (Fsp3) is 0.214. The minimum absolute atomic E-state index is 0.135. The van der Waals surface area contributed by atoms with Gasteiger partial charge in [-0.2, -0.15) is 0 Å².